The molecule has 0 spiro atoms. The van der Waals surface area contributed by atoms with Crippen LogP contribution < -0.4 is 21.7 Å². The van der Waals surface area contributed by atoms with Crippen LogP contribution in [0, 0.1) is 11.3 Å². The standard InChI is InChI=1S/C22H25Cl2N5O4.C2H3N/c1-3-33-20(31)11-18(14-7-15(23)10-16(24)8-14)29-19(30)12-27-21(32)13-5-4-6-17(9-13)28-22(25)26-2;1-2-3/h4-10,18H,3,11-12H2,1-2H3,(H,27,32)(H,29,30)(H3,25,26,28);1H3. The Morgan fingerprint density at radius 3 is 2.39 bits per heavy atom. The monoisotopic (exact) mass is 534 g/mol. The highest BCUT2D eigenvalue weighted by Crippen LogP contribution is 2.25. The van der Waals surface area contributed by atoms with Gasteiger partial charge in [0.05, 0.1) is 31.7 Å². The number of carbonyl (C=O) groups excluding carboxylic acids is 3. The number of esters is 1. The maximum atomic E-state index is 12.5. The summed E-state index contributed by atoms with van der Waals surface area (Å²) >= 11 is 12.1. The van der Waals surface area contributed by atoms with E-state index in [1.54, 1.807) is 55.5 Å². The molecule has 10 nitrogen and oxygen atoms in total. The third-order valence-corrected chi connectivity index (χ3v) is 4.78. The fraction of sp³-hybridized carbons (Fsp3) is 0.292. The predicted molar refractivity (Wildman–Crippen MR) is 140 cm³/mol. The Hall–Kier alpha value is -3.81. The van der Waals surface area contributed by atoms with E-state index in [1.165, 1.54) is 14.0 Å². The number of nitrogens with two attached hydrogens (primary N) is 1. The lowest BCUT2D eigenvalue weighted by Gasteiger charge is -2.19. The van der Waals surface area contributed by atoms with Gasteiger partial charge in [-0.25, -0.2) is 0 Å². The first-order chi connectivity index (χ1) is 17.1. The molecule has 0 aliphatic rings. The SMILES string of the molecule is CC#N.CCOC(=O)CC(NC(=O)CNC(=O)c1cccc(NC(N)=NC)c1)c1cc(Cl)cc(Cl)c1. The minimum Gasteiger partial charge on any atom is -0.466 e. The number of nitrogens with one attached hydrogen (secondary N) is 3. The Balaban J connectivity index is 0.00000205. The van der Waals surface area contributed by atoms with Gasteiger partial charge in [-0.3, -0.25) is 19.4 Å². The van der Waals surface area contributed by atoms with Crippen molar-refractivity contribution in [2.45, 2.75) is 26.3 Å². The quantitative estimate of drug-likeness (QED) is 0.218. The number of nitrogens with zero attached hydrogens (tertiary/aromatic N) is 2. The van der Waals surface area contributed by atoms with Gasteiger partial charge in [0.2, 0.25) is 5.91 Å². The molecule has 2 aromatic rings. The number of benzene rings is 2. The normalized spacial score (nSPS) is 11.2. The van der Waals surface area contributed by atoms with E-state index < -0.39 is 23.8 Å². The Morgan fingerprint density at radius 1 is 1.17 bits per heavy atom. The summed E-state index contributed by atoms with van der Waals surface area (Å²) in [6.45, 7) is 3.00. The first-order valence-corrected chi connectivity index (χ1v) is 11.5. The van der Waals surface area contributed by atoms with Gasteiger partial charge in [0.15, 0.2) is 5.96 Å². The molecule has 36 heavy (non-hydrogen) atoms. The average Bonchev–Trinajstić information content (AvgIpc) is 2.82. The minimum atomic E-state index is -0.742. The number of amides is 2. The second-order valence-corrected chi connectivity index (χ2v) is 7.93. The molecule has 192 valence electrons. The highest BCUT2D eigenvalue weighted by molar-refractivity contribution is 6.34. The number of anilines is 1. The number of ether oxygens (including phenoxy) is 1. The van der Waals surface area contributed by atoms with Gasteiger partial charge < -0.3 is 26.4 Å². The van der Waals surface area contributed by atoms with Crippen molar-refractivity contribution in [2.24, 2.45) is 10.7 Å². The fourth-order valence-corrected chi connectivity index (χ4v) is 3.41. The number of hydrogen-bond acceptors (Lipinski definition) is 6. The summed E-state index contributed by atoms with van der Waals surface area (Å²) in [5, 5.41) is 16.1. The molecular weight excluding hydrogens is 507 g/mol. The van der Waals surface area contributed by atoms with Crippen molar-refractivity contribution in [3.05, 3.63) is 63.6 Å². The molecule has 2 aromatic carbocycles. The molecule has 0 saturated heterocycles. The highest BCUT2D eigenvalue weighted by Gasteiger charge is 2.21. The van der Waals surface area contributed by atoms with Crippen molar-refractivity contribution in [1.82, 2.24) is 10.6 Å². The summed E-state index contributed by atoms with van der Waals surface area (Å²) in [6.07, 6.45) is -0.127. The molecule has 12 heteroatoms. The van der Waals surface area contributed by atoms with Crippen LogP contribution in [0.25, 0.3) is 0 Å². The molecule has 0 aromatic heterocycles. The highest BCUT2D eigenvalue weighted by atomic mass is 35.5. The van der Waals surface area contributed by atoms with Crippen LogP contribution in [-0.2, 0) is 14.3 Å². The second-order valence-electron chi connectivity index (χ2n) is 7.05. The van der Waals surface area contributed by atoms with Crippen molar-refractivity contribution in [1.29, 1.82) is 5.26 Å². The van der Waals surface area contributed by atoms with Gasteiger partial charge in [0, 0.05) is 35.3 Å². The maximum absolute atomic E-state index is 12.5. The van der Waals surface area contributed by atoms with Crippen LogP contribution in [0.15, 0.2) is 47.5 Å². The lowest BCUT2D eigenvalue weighted by Crippen LogP contribution is -2.39. The number of halogens is 2. The van der Waals surface area contributed by atoms with Gasteiger partial charge in [-0.05, 0) is 48.9 Å². The van der Waals surface area contributed by atoms with Gasteiger partial charge in [0.25, 0.3) is 5.91 Å². The molecule has 2 rings (SSSR count). The van der Waals surface area contributed by atoms with Crippen LogP contribution in [0.1, 0.15) is 42.2 Å². The van der Waals surface area contributed by atoms with Crippen molar-refractivity contribution >= 4 is 52.6 Å². The summed E-state index contributed by atoms with van der Waals surface area (Å²) < 4.78 is 4.99. The van der Waals surface area contributed by atoms with Gasteiger partial charge in [-0.1, -0.05) is 29.3 Å². The second kappa shape index (κ2) is 16.0. The zero-order chi connectivity index (χ0) is 27.1. The van der Waals surface area contributed by atoms with Gasteiger partial charge in [0.1, 0.15) is 0 Å². The van der Waals surface area contributed by atoms with Crippen LogP contribution in [0.5, 0.6) is 0 Å². The van der Waals surface area contributed by atoms with E-state index in [4.69, 9.17) is 38.9 Å². The molecule has 1 unspecified atom stereocenters. The third kappa shape index (κ3) is 11.1. The number of guanidine groups is 1. The van der Waals surface area contributed by atoms with Crippen molar-refractivity contribution < 1.29 is 19.1 Å². The topological polar surface area (TPSA) is 159 Å². The molecule has 0 radical (unpaired) electrons. The van der Waals surface area contributed by atoms with E-state index in [0.29, 0.717) is 26.9 Å². The number of rotatable bonds is 9. The van der Waals surface area contributed by atoms with Crippen LogP contribution in [0.3, 0.4) is 0 Å². The molecule has 0 fully saturated rings. The Labute approximate surface area is 219 Å². The molecule has 0 heterocycles. The van der Waals surface area contributed by atoms with Crippen LogP contribution >= 0.6 is 23.2 Å². The predicted octanol–water partition coefficient (Wildman–Crippen LogP) is 3.42. The lowest BCUT2D eigenvalue weighted by molar-refractivity contribution is -0.143. The van der Waals surface area contributed by atoms with Crippen molar-refractivity contribution in [3.8, 4) is 6.07 Å². The van der Waals surface area contributed by atoms with E-state index >= 15 is 0 Å². The number of carbonyl (C=O) groups is 3. The summed E-state index contributed by atoms with van der Waals surface area (Å²) in [7, 11) is 1.53. The summed E-state index contributed by atoms with van der Waals surface area (Å²) in [4.78, 5) is 40.8. The van der Waals surface area contributed by atoms with E-state index in [9.17, 15) is 14.4 Å². The van der Waals surface area contributed by atoms with Crippen LogP contribution in [0.2, 0.25) is 10.0 Å². The molecule has 0 aliphatic heterocycles. The Bertz CT molecular complexity index is 1110. The number of aliphatic imine (C=N–C) groups is 1. The van der Waals surface area contributed by atoms with Crippen molar-refractivity contribution in [2.75, 3.05) is 25.5 Å². The molecule has 2 amide bonds. The van der Waals surface area contributed by atoms with E-state index in [2.05, 4.69) is 20.9 Å². The first kappa shape index (κ1) is 30.2. The molecule has 0 bridgehead atoms. The zero-order valence-corrected chi connectivity index (χ0v) is 21.6. The molecule has 1 atom stereocenters. The summed E-state index contributed by atoms with van der Waals surface area (Å²) in [5.74, 6) is -1.28. The van der Waals surface area contributed by atoms with Crippen LogP contribution in [-0.4, -0.2) is 43.9 Å². The Morgan fingerprint density at radius 2 is 1.81 bits per heavy atom. The van der Waals surface area contributed by atoms with Crippen molar-refractivity contribution in [3.63, 3.8) is 0 Å². The van der Waals surface area contributed by atoms with Gasteiger partial charge in [-0.15, -0.1) is 0 Å². The molecule has 5 N–H and O–H groups in total. The van der Waals surface area contributed by atoms with Gasteiger partial charge >= 0.3 is 5.97 Å². The fourth-order valence-electron chi connectivity index (χ4n) is 2.87. The average molecular weight is 535 g/mol. The largest absolute Gasteiger partial charge is 0.466 e. The van der Waals surface area contributed by atoms with Crippen LogP contribution in [0.4, 0.5) is 5.69 Å². The van der Waals surface area contributed by atoms with E-state index in [1.807, 2.05) is 0 Å². The maximum Gasteiger partial charge on any atom is 0.308 e. The minimum absolute atomic E-state index is 0.127. The molecular formula is C24H28Cl2N6O4. The smallest absolute Gasteiger partial charge is 0.308 e. The number of hydrogen-bond donors (Lipinski definition) is 4. The van der Waals surface area contributed by atoms with Gasteiger partial charge in [-0.2, -0.15) is 5.26 Å². The molecule has 0 aliphatic carbocycles. The Kier molecular flexibility index (Phi) is 13.4. The first-order valence-electron chi connectivity index (χ1n) is 10.7. The summed E-state index contributed by atoms with van der Waals surface area (Å²) in [5.41, 5.74) is 7.06. The lowest BCUT2D eigenvalue weighted by atomic mass is 10.0. The number of nitriles is 1. The van der Waals surface area contributed by atoms with E-state index in [-0.39, 0.29) is 25.5 Å². The van der Waals surface area contributed by atoms with E-state index in [0.717, 1.165) is 0 Å². The zero-order valence-electron chi connectivity index (χ0n) is 20.1. The summed E-state index contributed by atoms with van der Waals surface area (Å²) in [6, 6.07) is 12.3. The third-order valence-electron chi connectivity index (χ3n) is 4.35. The molecule has 0 saturated carbocycles.